The number of carbonyl (C=O) groups excluding carboxylic acids is 2. The third-order valence-electron chi connectivity index (χ3n) is 4.75. The Morgan fingerprint density at radius 2 is 1.50 bits per heavy atom. The van der Waals surface area contributed by atoms with E-state index >= 15 is 0 Å². The van der Waals surface area contributed by atoms with Gasteiger partial charge in [0.05, 0.1) is 7.11 Å². The van der Waals surface area contributed by atoms with Crippen molar-refractivity contribution < 1.29 is 32.2 Å². The number of halogens is 3. The number of hydrogen-bond donors (Lipinski definition) is 0. The third kappa shape index (κ3) is 5.95. The lowest BCUT2D eigenvalue weighted by Gasteiger charge is -2.26. The van der Waals surface area contributed by atoms with Crippen molar-refractivity contribution in [1.29, 1.82) is 0 Å². The maximum atomic E-state index is 14.4. The molecule has 0 bridgehead atoms. The summed E-state index contributed by atoms with van der Waals surface area (Å²) in [4.78, 5) is 26.7. The molecule has 0 aliphatic carbocycles. The van der Waals surface area contributed by atoms with Gasteiger partial charge in [0.15, 0.2) is 0 Å². The van der Waals surface area contributed by atoms with Crippen LogP contribution in [0.5, 0.6) is 5.75 Å². The molecule has 0 N–H and O–H groups in total. The van der Waals surface area contributed by atoms with E-state index in [4.69, 9.17) is 9.47 Å². The van der Waals surface area contributed by atoms with Gasteiger partial charge in [-0.05, 0) is 56.2 Å². The van der Waals surface area contributed by atoms with E-state index < -0.39 is 47.0 Å². The number of anilines is 1. The lowest BCUT2D eigenvalue weighted by Crippen LogP contribution is -2.39. The van der Waals surface area contributed by atoms with E-state index in [0.717, 1.165) is 10.5 Å². The zero-order chi connectivity index (χ0) is 25.0. The molecule has 3 aromatic rings. The van der Waals surface area contributed by atoms with Gasteiger partial charge in [0.1, 0.15) is 40.9 Å². The maximum absolute atomic E-state index is 14.4. The summed E-state index contributed by atoms with van der Waals surface area (Å²) in [5.74, 6) is -5.17. The van der Waals surface area contributed by atoms with Crippen molar-refractivity contribution in [3.63, 3.8) is 0 Å². The SMILES string of the molecule is COc1ccc(-c2cccc(N(CC(=O)OC(C)(C)C)C(=O)c3c(F)cc(F)cc3F)c2)cc1. The average Bonchev–Trinajstić information content (AvgIpc) is 2.75. The summed E-state index contributed by atoms with van der Waals surface area (Å²) < 4.78 is 52.7. The molecular formula is C26H24F3NO4. The lowest BCUT2D eigenvalue weighted by molar-refractivity contribution is -0.152. The van der Waals surface area contributed by atoms with Gasteiger partial charge < -0.3 is 9.47 Å². The van der Waals surface area contributed by atoms with Crippen LogP contribution in [0.3, 0.4) is 0 Å². The number of amides is 1. The molecule has 0 unspecified atom stereocenters. The predicted octanol–water partition coefficient (Wildman–Crippen LogP) is 5.77. The minimum absolute atomic E-state index is 0.201. The quantitative estimate of drug-likeness (QED) is 0.429. The molecule has 3 rings (SSSR count). The fraction of sp³-hybridized carbons (Fsp3) is 0.231. The first-order valence-corrected chi connectivity index (χ1v) is 10.4. The standard InChI is InChI=1S/C26H24F3NO4/c1-26(2,3)34-23(31)15-30(25(32)24-21(28)13-18(27)14-22(24)29)19-7-5-6-17(12-19)16-8-10-20(33-4)11-9-16/h5-14H,15H2,1-4H3. The van der Waals surface area contributed by atoms with Gasteiger partial charge in [-0.25, -0.2) is 13.2 Å². The number of benzene rings is 3. The Labute approximate surface area is 195 Å². The van der Waals surface area contributed by atoms with Gasteiger partial charge in [0.2, 0.25) is 0 Å². The van der Waals surface area contributed by atoms with Crippen LogP contribution >= 0.6 is 0 Å². The first kappa shape index (κ1) is 24.8. The Morgan fingerprint density at radius 3 is 2.06 bits per heavy atom. The maximum Gasteiger partial charge on any atom is 0.326 e. The highest BCUT2D eigenvalue weighted by Crippen LogP contribution is 2.28. The Bertz CT molecular complexity index is 1180. The van der Waals surface area contributed by atoms with Gasteiger partial charge in [0.25, 0.3) is 5.91 Å². The summed E-state index contributed by atoms with van der Waals surface area (Å²) in [5.41, 5.74) is -0.149. The van der Waals surface area contributed by atoms with Crippen LogP contribution < -0.4 is 9.64 Å². The first-order valence-electron chi connectivity index (χ1n) is 10.4. The van der Waals surface area contributed by atoms with Crippen LogP contribution in [-0.2, 0) is 9.53 Å². The molecule has 0 fully saturated rings. The number of nitrogens with zero attached hydrogens (tertiary/aromatic N) is 1. The van der Waals surface area contributed by atoms with Crippen LogP contribution in [0.2, 0.25) is 0 Å². The Kier molecular flexibility index (Phi) is 7.29. The monoisotopic (exact) mass is 471 g/mol. The minimum atomic E-state index is -1.37. The van der Waals surface area contributed by atoms with Gasteiger partial charge >= 0.3 is 5.97 Å². The Morgan fingerprint density at radius 1 is 0.882 bits per heavy atom. The molecule has 0 aliphatic rings. The van der Waals surface area contributed by atoms with E-state index in [2.05, 4.69) is 0 Å². The molecule has 0 aromatic heterocycles. The van der Waals surface area contributed by atoms with Crippen molar-refractivity contribution in [3.05, 3.63) is 83.7 Å². The number of rotatable bonds is 6. The van der Waals surface area contributed by atoms with Crippen LogP contribution in [-0.4, -0.2) is 31.1 Å². The smallest absolute Gasteiger partial charge is 0.326 e. The predicted molar refractivity (Wildman–Crippen MR) is 122 cm³/mol. The highest BCUT2D eigenvalue weighted by Gasteiger charge is 2.29. The van der Waals surface area contributed by atoms with Crippen LogP contribution in [0.4, 0.5) is 18.9 Å². The Balaban J connectivity index is 2.05. The molecule has 0 aliphatic heterocycles. The zero-order valence-electron chi connectivity index (χ0n) is 19.2. The normalized spacial score (nSPS) is 11.1. The van der Waals surface area contributed by atoms with Crippen molar-refractivity contribution in [2.75, 3.05) is 18.6 Å². The molecule has 0 radical (unpaired) electrons. The van der Waals surface area contributed by atoms with Crippen molar-refractivity contribution in [1.82, 2.24) is 0 Å². The summed E-state index contributed by atoms with van der Waals surface area (Å²) in [6.07, 6.45) is 0. The number of carbonyl (C=O) groups is 2. The van der Waals surface area contributed by atoms with Gasteiger partial charge in [-0.15, -0.1) is 0 Å². The molecular weight excluding hydrogens is 447 g/mol. The van der Waals surface area contributed by atoms with Crippen molar-refractivity contribution in [2.24, 2.45) is 0 Å². The molecule has 5 nitrogen and oxygen atoms in total. The number of esters is 1. The first-order chi connectivity index (χ1) is 16.0. The summed E-state index contributed by atoms with van der Waals surface area (Å²) >= 11 is 0. The summed E-state index contributed by atoms with van der Waals surface area (Å²) in [6, 6.07) is 14.5. The summed E-state index contributed by atoms with van der Waals surface area (Å²) in [7, 11) is 1.55. The van der Waals surface area contributed by atoms with Crippen molar-refractivity contribution in [2.45, 2.75) is 26.4 Å². The van der Waals surface area contributed by atoms with Crippen LogP contribution in [0.25, 0.3) is 11.1 Å². The van der Waals surface area contributed by atoms with Gasteiger partial charge in [0, 0.05) is 17.8 Å². The molecule has 1 amide bonds. The fourth-order valence-corrected chi connectivity index (χ4v) is 3.30. The molecule has 3 aromatic carbocycles. The second kappa shape index (κ2) is 9.99. The van der Waals surface area contributed by atoms with E-state index in [1.54, 1.807) is 70.3 Å². The highest BCUT2D eigenvalue weighted by atomic mass is 19.1. The third-order valence-corrected chi connectivity index (χ3v) is 4.75. The van der Waals surface area contributed by atoms with Gasteiger partial charge in [-0.1, -0.05) is 24.3 Å². The lowest BCUT2D eigenvalue weighted by atomic mass is 10.0. The molecule has 0 spiro atoms. The molecule has 0 saturated carbocycles. The van der Waals surface area contributed by atoms with Crippen molar-refractivity contribution in [3.8, 4) is 16.9 Å². The van der Waals surface area contributed by atoms with Crippen LogP contribution in [0.15, 0.2) is 60.7 Å². The minimum Gasteiger partial charge on any atom is -0.497 e. The van der Waals surface area contributed by atoms with Crippen LogP contribution in [0.1, 0.15) is 31.1 Å². The molecule has 0 atom stereocenters. The van der Waals surface area contributed by atoms with Crippen LogP contribution in [0, 0.1) is 17.5 Å². The van der Waals surface area contributed by atoms with E-state index in [-0.39, 0.29) is 5.69 Å². The zero-order valence-corrected chi connectivity index (χ0v) is 19.2. The Hall–Kier alpha value is -3.81. The molecule has 8 heteroatoms. The van der Waals surface area contributed by atoms with E-state index in [1.807, 2.05) is 0 Å². The molecule has 178 valence electrons. The van der Waals surface area contributed by atoms with E-state index in [0.29, 0.717) is 23.4 Å². The van der Waals surface area contributed by atoms with E-state index in [9.17, 15) is 22.8 Å². The summed E-state index contributed by atoms with van der Waals surface area (Å²) in [5, 5.41) is 0. The number of hydrogen-bond acceptors (Lipinski definition) is 4. The number of methoxy groups -OCH3 is 1. The van der Waals surface area contributed by atoms with Gasteiger partial charge in [-0.2, -0.15) is 0 Å². The van der Waals surface area contributed by atoms with Gasteiger partial charge in [-0.3, -0.25) is 14.5 Å². The second-order valence-electron chi connectivity index (χ2n) is 8.50. The second-order valence-corrected chi connectivity index (χ2v) is 8.50. The van der Waals surface area contributed by atoms with Crippen molar-refractivity contribution >= 4 is 17.6 Å². The average molecular weight is 471 g/mol. The fourth-order valence-electron chi connectivity index (χ4n) is 3.30. The molecule has 0 heterocycles. The highest BCUT2D eigenvalue weighted by molar-refractivity contribution is 6.09. The topological polar surface area (TPSA) is 55.8 Å². The largest absolute Gasteiger partial charge is 0.497 e. The van der Waals surface area contributed by atoms with E-state index in [1.165, 1.54) is 6.07 Å². The summed E-state index contributed by atoms with van der Waals surface area (Å²) in [6.45, 7) is 4.35. The number of ether oxygens (including phenoxy) is 2. The molecule has 0 saturated heterocycles. The molecule has 34 heavy (non-hydrogen) atoms.